The molecule has 0 aliphatic carbocycles. The number of sulfonamides is 1. The van der Waals surface area contributed by atoms with Gasteiger partial charge in [0.1, 0.15) is 5.82 Å². The SMILES string of the molecule is CCO[C@H](/C=C/c1c(-c2ccc(F)cc2)nc(N(C)S(C)(=O)=O)nc1C(C)C)C[C@@H](O)CC(=O)O. The van der Waals surface area contributed by atoms with E-state index in [1.54, 1.807) is 31.2 Å². The number of aliphatic hydroxyl groups excluding tert-OH is 1. The van der Waals surface area contributed by atoms with Crippen LogP contribution in [0.15, 0.2) is 30.3 Å². The van der Waals surface area contributed by atoms with E-state index in [1.807, 2.05) is 13.8 Å². The maximum Gasteiger partial charge on any atom is 0.305 e. The Kier molecular flexibility index (Phi) is 9.87. The maximum atomic E-state index is 13.6. The lowest BCUT2D eigenvalue weighted by Gasteiger charge is -2.21. The van der Waals surface area contributed by atoms with Crippen LogP contribution in [-0.4, -0.2) is 66.7 Å². The Balaban J connectivity index is 2.66. The Labute approximate surface area is 205 Å². The van der Waals surface area contributed by atoms with Gasteiger partial charge in [0.05, 0.1) is 36.3 Å². The topological polar surface area (TPSA) is 130 Å². The number of nitrogens with zero attached hydrogens (tertiary/aromatic N) is 3. The third kappa shape index (κ3) is 8.08. The quantitative estimate of drug-likeness (QED) is 0.445. The molecule has 192 valence electrons. The number of ether oxygens (including phenoxy) is 1. The smallest absolute Gasteiger partial charge is 0.305 e. The molecule has 2 atom stereocenters. The molecule has 0 amide bonds. The van der Waals surface area contributed by atoms with Crippen molar-refractivity contribution in [1.82, 2.24) is 9.97 Å². The van der Waals surface area contributed by atoms with Gasteiger partial charge in [-0.05, 0) is 37.1 Å². The van der Waals surface area contributed by atoms with Gasteiger partial charge in [0.2, 0.25) is 16.0 Å². The number of carboxylic acids is 1. The van der Waals surface area contributed by atoms with E-state index in [1.165, 1.54) is 19.2 Å². The number of rotatable bonds is 12. The number of aromatic nitrogens is 2. The fourth-order valence-electron chi connectivity index (χ4n) is 3.37. The van der Waals surface area contributed by atoms with E-state index < -0.39 is 40.4 Å². The molecule has 0 spiro atoms. The molecule has 0 aliphatic heterocycles. The zero-order chi connectivity index (χ0) is 26.3. The maximum absolute atomic E-state index is 13.6. The average Bonchev–Trinajstić information content (AvgIpc) is 2.76. The molecule has 0 saturated carbocycles. The second kappa shape index (κ2) is 12.2. The molecule has 2 rings (SSSR count). The summed E-state index contributed by atoms with van der Waals surface area (Å²) in [7, 11) is -2.28. The third-order valence-corrected chi connectivity index (χ3v) is 6.34. The number of carboxylic acid groups (broad SMARTS) is 1. The van der Waals surface area contributed by atoms with E-state index in [9.17, 15) is 22.7 Å². The van der Waals surface area contributed by atoms with E-state index in [0.29, 0.717) is 29.1 Å². The summed E-state index contributed by atoms with van der Waals surface area (Å²) in [6.45, 7) is 5.92. The lowest BCUT2D eigenvalue weighted by molar-refractivity contribution is -0.139. The minimum Gasteiger partial charge on any atom is -0.481 e. The van der Waals surface area contributed by atoms with E-state index in [4.69, 9.17) is 9.84 Å². The molecule has 0 unspecified atom stereocenters. The lowest BCUT2D eigenvalue weighted by Crippen LogP contribution is -2.27. The van der Waals surface area contributed by atoms with Gasteiger partial charge in [-0.2, -0.15) is 0 Å². The van der Waals surface area contributed by atoms with Crippen LogP contribution in [0.25, 0.3) is 17.3 Å². The van der Waals surface area contributed by atoms with Gasteiger partial charge in [0.25, 0.3) is 0 Å². The van der Waals surface area contributed by atoms with Crippen LogP contribution in [0.4, 0.5) is 10.3 Å². The van der Waals surface area contributed by atoms with Crippen molar-refractivity contribution >= 4 is 28.0 Å². The zero-order valence-corrected chi connectivity index (χ0v) is 21.3. The number of carbonyl (C=O) groups is 1. The number of halogens is 1. The summed E-state index contributed by atoms with van der Waals surface area (Å²) in [6.07, 6.45) is 2.41. The first-order valence-electron chi connectivity index (χ1n) is 11.1. The summed E-state index contributed by atoms with van der Waals surface area (Å²) in [5.41, 5.74) is 2.08. The monoisotopic (exact) mass is 509 g/mol. The molecule has 35 heavy (non-hydrogen) atoms. The van der Waals surface area contributed by atoms with Crippen LogP contribution in [0.5, 0.6) is 0 Å². The third-order valence-electron chi connectivity index (χ3n) is 5.18. The molecule has 0 aliphatic rings. The van der Waals surface area contributed by atoms with Crippen LogP contribution < -0.4 is 4.31 Å². The van der Waals surface area contributed by atoms with E-state index in [2.05, 4.69) is 9.97 Å². The lowest BCUT2D eigenvalue weighted by atomic mass is 9.97. The van der Waals surface area contributed by atoms with Gasteiger partial charge in [-0.1, -0.05) is 26.0 Å². The van der Waals surface area contributed by atoms with Gasteiger partial charge in [-0.15, -0.1) is 0 Å². The first-order valence-corrected chi connectivity index (χ1v) is 13.0. The summed E-state index contributed by atoms with van der Waals surface area (Å²) in [5.74, 6) is -1.70. The summed E-state index contributed by atoms with van der Waals surface area (Å²) in [5, 5.41) is 19.0. The number of aliphatic carboxylic acids is 1. The van der Waals surface area contributed by atoms with Gasteiger partial charge in [-0.25, -0.2) is 27.1 Å². The molecule has 0 fully saturated rings. The average molecular weight is 510 g/mol. The Morgan fingerprint density at radius 2 is 1.86 bits per heavy atom. The molecule has 0 radical (unpaired) electrons. The van der Waals surface area contributed by atoms with E-state index >= 15 is 0 Å². The van der Waals surface area contributed by atoms with Crippen molar-refractivity contribution in [3.8, 4) is 11.3 Å². The number of benzene rings is 1. The second-order valence-corrected chi connectivity index (χ2v) is 10.4. The Hall–Kier alpha value is -2.89. The van der Waals surface area contributed by atoms with Gasteiger partial charge < -0.3 is 14.9 Å². The first-order chi connectivity index (χ1) is 16.3. The highest BCUT2D eigenvalue weighted by Gasteiger charge is 2.23. The molecule has 1 heterocycles. The minimum absolute atomic E-state index is 0.0223. The Morgan fingerprint density at radius 1 is 1.23 bits per heavy atom. The Bertz CT molecular complexity index is 1150. The first kappa shape index (κ1) is 28.3. The molecule has 1 aromatic carbocycles. The van der Waals surface area contributed by atoms with Crippen LogP contribution >= 0.6 is 0 Å². The van der Waals surface area contributed by atoms with Crippen LogP contribution in [0.3, 0.4) is 0 Å². The molecule has 0 saturated heterocycles. The number of aliphatic hydroxyl groups is 1. The molecule has 0 bridgehead atoms. The normalized spacial score (nSPS) is 13.8. The van der Waals surface area contributed by atoms with Crippen LogP contribution in [0.1, 0.15) is 50.8 Å². The standard InChI is InChI=1S/C24H32FN3O6S/c1-6-34-19(13-18(29)14-21(30)31)11-12-20-22(15(2)3)26-24(28(4)35(5,32)33)27-23(20)16-7-9-17(25)10-8-16/h7-12,15,18-19,29H,6,13-14H2,1-5H3,(H,30,31)/b12-11+/t18-,19-/m1/s1. The van der Waals surface area contributed by atoms with Crippen molar-refractivity contribution < 1.29 is 32.6 Å². The van der Waals surface area contributed by atoms with Crippen molar-refractivity contribution in [3.05, 3.63) is 47.4 Å². The van der Waals surface area contributed by atoms with E-state index in [0.717, 1.165) is 10.6 Å². The van der Waals surface area contributed by atoms with Crippen molar-refractivity contribution in [2.24, 2.45) is 0 Å². The highest BCUT2D eigenvalue weighted by Crippen LogP contribution is 2.32. The predicted octanol–water partition coefficient (Wildman–Crippen LogP) is 3.45. The zero-order valence-electron chi connectivity index (χ0n) is 20.5. The molecule has 2 N–H and O–H groups in total. The fourth-order valence-corrected chi connectivity index (χ4v) is 3.75. The van der Waals surface area contributed by atoms with Crippen molar-refractivity contribution in [2.75, 3.05) is 24.2 Å². The number of hydrogen-bond donors (Lipinski definition) is 2. The summed E-state index contributed by atoms with van der Waals surface area (Å²) in [6, 6.07) is 5.65. The van der Waals surface area contributed by atoms with Crippen LogP contribution in [-0.2, 0) is 19.6 Å². The molecule has 11 heteroatoms. The molecular formula is C24H32FN3O6S. The van der Waals surface area contributed by atoms with Gasteiger partial charge in [0.15, 0.2) is 0 Å². The summed E-state index contributed by atoms with van der Waals surface area (Å²) in [4.78, 5) is 19.9. The highest BCUT2D eigenvalue weighted by atomic mass is 32.2. The Morgan fingerprint density at radius 3 is 2.37 bits per heavy atom. The fraction of sp³-hybridized carbons (Fsp3) is 0.458. The number of hydrogen-bond acceptors (Lipinski definition) is 7. The summed E-state index contributed by atoms with van der Waals surface area (Å²) >= 11 is 0. The highest BCUT2D eigenvalue weighted by molar-refractivity contribution is 7.92. The van der Waals surface area contributed by atoms with Crippen molar-refractivity contribution in [1.29, 1.82) is 0 Å². The van der Waals surface area contributed by atoms with Gasteiger partial charge in [-0.3, -0.25) is 4.79 Å². The molecule has 1 aromatic heterocycles. The van der Waals surface area contributed by atoms with Gasteiger partial charge >= 0.3 is 5.97 Å². The minimum atomic E-state index is -3.64. The molecule has 2 aromatic rings. The summed E-state index contributed by atoms with van der Waals surface area (Å²) < 4.78 is 44.6. The van der Waals surface area contributed by atoms with Crippen LogP contribution in [0, 0.1) is 5.82 Å². The number of anilines is 1. The largest absolute Gasteiger partial charge is 0.481 e. The van der Waals surface area contributed by atoms with Crippen molar-refractivity contribution in [2.45, 2.75) is 51.7 Å². The second-order valence-electron chi connectivity index (χ2n) is 8.40. The van der Waals surface area contributed by atoms with Gasteiger partial charge in [0, 0.05) is 31.2 Å². The molecule has 9 nitrogen and oxygen atoms in total. The molecular weight excluding hydrogens is 477 g/mol. The van der Waals surface area contributed by atoms with Crippen LogP contribution in [0.2, 0.25) is 0 Å². The van der Waals surface area contributed by atoms with Crippen molar-refractivity contribution in [3.63, 3.8) is 0 Å². The predicted molar refractivity (Wildman–Crippen MR) is 132 cm³/mol. The van der Waals surface area contributed by atoms with E-state index in [-0.39, 0.29) is 18.3 Å².